The number of benzene rings is 2. The molecule has 4 aromatic rings. The lowest BCUT2D eigenvalue weighted by atomic mass is 10.0. The topological polar surface area (TPSA) is 64.7 Å². The molecule has 0 aliphatic heterocycles. The minimum absolute atomic E-state index is 0.211. The van der Waals surface area contributed by atoms with E-state index in [-0.39, 0.29) is 11.8 Å². The number of rotatable bonds is 2. The molecule has 0 spiro atoms. The molecule has 0 saturated heterocycles. The Balaban J connectivity index is 1.96. The van der Waals surface area contributed by atoms with E-state index in [4.69, 9.17) is 10.7 Å². The van der Waals surface area contributed by atoms with E-state index >= 15 is 0 Å². The molecule has 0 unspecified atom stereocenters. The van der Waals surface area contributed by atoms with Crippen molar-refractivity contribution < 1.29 is 4.39 Å². The Morgan fingerprint density at radius 1 is 0.769 bits per heavy atom. The minimum atomic E-state index is -0.276. The van der Waals surface area contributed by atoms with Crippen LogP contribution in [0.2, 0.25) is 0 Å². The molecule has 2 heterocycles. The third-order valence-electron chi connectivity index (χ3n) is 4.19. The number of aromatic nitrogens is 3. The van der Waals surface area contributed by atoms with Gasteiger partial charge in [0.2, 0.25) is 5.95 Å². The van der Waals surface area contributed by atoms with E-state index in [0.29, 0.717) is 16.7 Å². The van der Waals surface area contributed by atoms with Crippen molar-refractivity contribution in [3.05, 3.63) is 71.5 Å². The summed E-state index contributed by atoms with van der Waals surface area (Å²) < 4.78 is 13.2. The molecule has 128 valence electrons. The highest BCUT2D eigenvalue weighted by molar-refractivity contribution is 5.91. The van der Waals surface area contributed by atoms with Crippen molar-refractivity contribution in [1.29, 1.82) is 0 Å². The Bertz CT molecular complexity index is 1100. The van der Waals surface area contributed by atoms with Crippen molar-refractivity contribution in [1.82, 2.24) is 15.0 Å². The molecule has 26 heavy (non-hydrogen) atoms. The first-order valence-electron chi connectivity index (χ1n) is 8.28. The van der Waals surface area contributed by atoms with E-state index in [1.54, 1.807) is 12.1 Å². The van der Waals surface area contributed by atoms with Gasteiger partial charge in [-0.15, -0.1) is 0 Å². The van der Waals surface area contributed by atoms with Crippen LogP contribution in [0, 0.1) is 19.7 Å². The molecule has 0 radical (unpaired) electrons. The third kappa shape index (κ3) is 2.99. The molecular weight excluding hydrogens is 327 g/mol. The Labute approximate surface area is 150 Å². The molecule has 2 aromatic heterocycles. The number of nitrogens with two attached hydrogens (primary N) is 1. The van der Waals surface area contributed by atoms with Crippen LogP contribution in [0.5, 0.6) is 0 Å². The first-order valence-corrected chi connectivity index (χ1v) is 8.28. The molecule has 0 aliphatic carbocycles. The molecule has 0 amide bonds. The van der Waals surface area contributed by atoms with E-state index in [1.165, 1.54) is 12.1 Å². The molecule has 0 fully saturated rings. The van der Waals surface area contributed by atoms with Crippen LogP contribution >= 0.6 is 0 Å². The molecule has 0 aliphatic rings. The highest BCUT2D eigenvalue weighted by atomic mass is 19.1. The molecule has 0 bridgehead atoms. The Morgan fingerprint density at radius 2 is 1.46 bits per heavy atom. The Morgan fingerprint density at radius 3 is 2.15 bits per heavy atom. The van der Waals surface area contributed by atoms with Gasteiger partial charge in [-0.25, -0.2) is 19.3 Å². The van der Waals surface area contributed by atoms with Gasteiger partial charge >= 0.3 is 0 Å². The number of hydrogen-bond acceptors (Lipinski definition) is 4. The second-order valence-corrected chi connectivity index (χ2v) is 6.38. The summed E-state index contributed by atoms with van der Waals surface area (Å²) in [6.07, 6.45) is 0. The quantitative estimate of drug-likeness (QED) is 0.572. The molecule has 0 atom stereocenters. The first-order chi connectivity index (χ1) is 12.5. The van der Waals surface area contributed by atoms with Crippen LogP contribution in [-0.2, 0) is 0 Å². The highest BCUT2D eigenvalue weighted by Crippen LogP contribution is 2.29. The van der Waals surface area contributed by atoms with Crippen molar-refractivity contribution in [2.45, 2.75) is 13.8 Å². The SMILES string of the molecule is Cc1cc(C)cc(-c2nc(N)nc3ccc(-c4ccc(F)cc4)nc23)c1. The van der Waals surface area contributed by atoms with Gasteiger partial charge in [0.05, 0.1) is 11.2 Å². The second kappa shape index (κ2) is 6.19. The zero-order valence-electron chi connectivity index (χ0n) is 14.5. The van der Waals surface area contributed by atoms with Crippen molar-refractivity contribution in [2.24, 2.45) is 0 Å². The normalized spacial score (nSPS) is 11.0. The average molecular weight is 344 g/mol. The lowest BCUT2D eigenvalue weighted by Gasteiger charge is -2.10. The molecule has 4 nitrogen and oxygen atoms in total. The zero-order valence-corrected chi connectivity index (χ0v) is 14.5. The summed E-state index contributed by atoms with van der Waals surface area (Å²) in [5.41, 5.74) is 12.8. The van der Waals surface area contributed by atoms with Crippen LogP contribution in [0.4, 0.5) is 10.3 Å². The van der Waals surface area contributed by atoms with E-state index in [2.05, 4.69) is 28.2 Å². The van der Waals surface area contributed by atoms with Gasteiger partial charge in [0, 0.05) is 11.1 Å². The summed E-state index contributed by atoms with van der Waals surface area (Å²) in [4.78, 5) is 13.5. The molecule has 4 rings (SSSR count). The van der Waals surface area contributed by atoms with Gasteiger partial charge in [-0.3, -0.25) is 0 Å². The molecule has 0 saturated carbocycles. The maximum Gasteiger partial charge on any atom is 0.221 e. The van der Waals surface area contributed by atoms with Crippen molar-refractivity contribution in [3.63, 3.8) is 0 Å². The predicted octanol–water partition coefficient (Wildman–Crippen LogP) is 4.70. The summed E-state index contributed by atoms with van der Waals surface area (Å²) in [6, 6.07) is 16.2. The summed E-state index contributed by atoms with van der Waals surface area (Å²) in [6.45, 7) is 4.08. The van der Waals surface area contributed by atoms with Crippen LogP contribution in [0.3, 0.4) is 0 Å². The average Bonchev–Trinajstić information content (AvgIpc) is 2.60. The van der Waals surface area contributed by atoms with E-state index in [0.717, 1.165) is 27.9 Å². The van der Waals surface area contributed by atoms with Crippen LogP contribution in [0.15, 0.2) is 54.6 Å². The smallest absolute Gasteiger partial charge is 0.221 e. The van der Waals surface area contributed by atoms with Gasteiger partial charge in [0.15, 0.2) is 0 Å². The number of hydrogen-bond donors (Lipinski definition) is 1. The molecule has 2 N–H and O–H groups in total. The van der Waals surface area contributed by atoms with Crippen molar-refractivity contribution in [2.75, 3.05) is 5.73 Å². The first kappa shape index (κ1) is 16.1. The Hall–Kier alpha value is -3.34. The van der Waals surface area contributed by atoms with Gasteiger partial charge in [-0.05, 0) is 62.4 Å². The van der Waals surface area contributed by atoms with E-state index in [1.807, 2.05) is 26.0 Å². The number of pyridine rings is 1. The fourth-order valence-electron chi connectivity index (χ4n) is 3.13. The van der Waals surface area contributed by atoms with Crippen molar-refractivity contribution >= 4 is 17.0 Å². The van der Waals surface area contributed by atoms with Gasteiger partial charge in [-0.1, -0.05) is 17.2 Å². The zero-order chi connectivity index (χ0) is 18.3. The summed E-state index contributed by atoms with van der Waals surface area (Å²) in [5.74, 6) is -0.0652. The number of nitrogens with zero attached hydrogens (tertiary/aromatic N) is 3. The van der Waals surface area contributed by atoms with Gasteiger partial charge in [-0.2, -0.15) is 0 Å². The lowest BCUT2D eigenvalue weighted by molar-refractivity contribution is 0.628. The predicted molar refractivity (Wildman–Crippen MR) is 102 cm³/mol. The van der Waals surface area contributed by atoms with E-state index in [9.17, 15) is 4.39 Å². The van der Waals surface area contributed by atoms with Gasteiger partial charge in [0.1, 0.15) is 17.0 Å². The highest BCUT2D eigenvalue weighted by Gasteiger charge is 2.12. The number of anilines is 1. The van der Waals surface area contributed by atoms with Crippen LogP contribution in [0.1, 0.15) is 11.1 Å². The van der Waals surface area contributed by atoms with Crippen LogP contribution in [-0.4, -0.2) is 15.0 Å². The van der Waals surface area contributed by atoms with Crippen LogP contribution < -0.4 is 5.73 Å². The standard InChI is InChI=1S/C21H17FN4/c1-12-9-13(2)11-15(10-12)19-20-18(25-21(23)26-19)8-7-17(24-20)14-3-5-16(22)6-4-14/h3-11H,1-2H3,(H2,23,25,26). The largest absolute Gasteiger partial charge is 0.368 e. The van der Waals surface area contributed by atoms with Crippen LogP contribution in [0.25, 0.3) is 33.5 Å². The third-order valence-corrected chi connectivity index (χ3v) is 4.19. The second-order valence-electron chi connectivity index (χ2n) is 6.38. The number of nitrogen functional groups attached to an aromatic ring is 1. The number of halogens is 1. The van der Waals surface area contributed by atoms with E-state index < -0.39 is 0 Å². The number of fused-ring (bicyclic) bond motifs is 1. The maximum absolute atomic E-state index is 13.2. The fraction of sp³-hybridized carbons (Fsp3) is 0.0952. The van der Waals surface area contributed by atoms with Crippen molar-refractivity contribution in [3.8, 4) is 22.5 Å². The summed E-state index contributed by atoms with van der Waals surface area (Å²) in [5, 5.41) is 0. The molecule has 5 heteroatoms. The summed E-state index contributed by atoms with van der Waals surface area (Å²) >= 11 is 0. The molecule has 2 aromatic carbocycles. The monoisotopic (exact) mass is 344 g/mol. The minimum Gasteiger partial charge on any atom is -0.368 e. The Kier molecular flexibility index (Phi) is 3.84. The molecular formula is C21H17FN4. The summed E-state index contributed by atoms with van der Waals surface area (Å²) in [7, 11) is 0. The fourth-order valence-corrected chi connectivity index (χ4v) is 3.13. The number of aryl methyl sites for hydroxylation is 2. The lowest BCUT2D eigenvalue weighted by Crippen LogP contribution is -2.00. The van der Waals surface area contributed by atoms with Gasteiger partial charge < -0.3 is 5.73 Å². The van der Waals surface area contributed by atoms with Gasteiger partial charge in [0.25, 0.3) is 0 Å². The maximum atomic E-state index is 13.2.